The van der Waals surface area contributed by atoms with Crippen molar-refractivity contribution < 1.29 is 19.7 Å². The minimum atomic E-state index is -0.971. The van der Waals surface area contributed by atoms with Crippen LogP contribution in [0.1, 0.15) is 53.6 Å². The number of phenolic OH excluding ortho intramolecular Hbond substituents is 1. The van der Waals surface area contributed by atoms with Crippen LogP contribution < -0.4 is 4.74 Å². The van der Waals surface area contributed by atoms with Gasteiger partial charge in [0.25, 0.3) is 5.91 Å². The summed E-state index contributed by atoms with van der Waals surface area (Å²) in [5.41, 5.74) is 0.956. The second-order valence-corrected chi connectivity index (χ2v) is 12.3. The van der Waals surface area contributed by atoms with Crippen molar-refractivity contribution in [3.63, 3.8) is 0 Å². The van der Waals surface area contributed by atoms with E-state index in [0.29, 0.717) is 34.2 Å². The molecule has 2 aromatic carbocycles. The molecule has 0 aromatic heterocycles. The van der Waals surface area contributed by atoms with E-state index in [1.54, 1.807) is 36.2 Å². The van der Waals surface area contributed by atoms with Crippen LogP contribution in [0.4, 0.5) is 0 Å². The molecule has 3 aliphatic carbocycles. The van der Waals surface area contributed by atoms with Gasteiger partial charge in [0.15, 0.2) is 11.5 Å². The lowest BCUT2D eigenvalue weighted by atomic mass is 9.48. The summed E-state index contributed by atoms with van der Waals surface area (Å²) >= 11 is 12.3. The highest BCUT2D eigenvalue weighted by molar-refractivity contribution is 6.42. The molecule has 1 amide bonds. The molecule has 2 heterocycles. The molecular formula is C28H30Cl2N2O4. The molecule has 2 aliphatic heterocycles. The fraction of sp³-hybridized carbons (Fsp3) is 0.536. The van der Waals surface area contributed by atoms with E-state index in [0.717, 1.165) is 43.0 Å². The minimum absolute atomic E-state index is 0.0120. The van der Waals surface area contributed by atoms with E-state index in [1.807, 2.05) is 6.07 Å². The number of benzene rings is 2. The summed E-state index contributed by atoms with van der Waals surface area (Å²) in [4.78, 5) is 17.8. The lowest BCUT2D eigenvalue weighted by molar-refractivity contribution is -0.197. The fourth-order valence-corrected chi connectivity index (χ4v) is 8.13. The van der Waals surface area contributed by atoms with Crippen molar-refractivity contribution in [1.82, 2.24) is 9.80 Å². The second-order valence-electron chi connectivity index (χ2n) is 11.4. The molecule has 36 heavy (non-hydrogen) atoms. The molecule has 2 unspecified atom stereocenters. The summed E-state index contributed by atoms with van der Waals surface area (Å²) < 4.78 is 6.60. The van der Waals surface area contributed by atoms with E-state index in [2.05, 4.69) is 4.90 Å². The molecule has 2 bridgehead atoms. The number of likely N-dealkylation sites (N-methyl/N-ethyl adjacent to an activating group) is 1. The van der Waals surface area contributed by atoms with Gasteiger partial charge in [-0.1, -0.05) is 29.3 Å². The van der Waals surface area contributed by atoms with Gasteiger partial charge in [0.05, 0.1) is 27.1 Å². The fourth-order valence-electron chi connectivity index (χ4n) is 7.84. The minimum Gasteiger partial charge on any atom is -0.504 e. The summed E-state index contributed by atoms with van der Waals surface area (Å²) in [5.74, 6) is 1.17. The Morgan fingerprint density at radius 1 is 1.17 bits per heavy atom. The van der Waals surface area contributed by atoms with Crippen molar-refractivity contribution in [2.24, 2.45) is 5.92 Å². The zero-order valence-electron chi connectivity index (χ0n) is 20.2. The largest absolute Gasteiger partial charge is 0.504 e. The maximum atomic E-state index is 13.6. The molecule has 2 aromatic rings. The summed E-state index contributed by atoms with van der Waals surface area (Å²) in [6.45, 7) is 1.92. The Hall–Kier alpha value is -1.99. The third-order valence-corrected chi connectivity index (χ3v) is 10.5. The third kappa shape index (κ3) is 2.96. The van der Waals surface area contributed by atoms with Crippen molar-refractivity contribution in [1.29, 1.82) is 0 Å². The van der Waals surface area contributed by atoms with Crippen molar-refractivity contribution in [2.75, 3.05) is 20.1 Å². The summed E-state index contributed by atoms with van der Waals surface area (Å²) in [6.07, 6.45) is 4.80. The Balaban J connectivity index is 1.31. The van der Waals surface area contributed by atoms with Crippen molar-refractivity contribution in [3.8, 4) is 11.5 Å². The smallest absolute Gasteiger partial charge is 0.254 e. The number of amides is 1. The maximum absolute atomic E-state index is 13.6. The Morgan fingerprint density at radius 2 is 1.97 bits per heavy atom. The topological polar surface area (TPSA) is 73.2 Å². The van der Waals surface area contributed by atoms with E-state index >= 15 is 0 Å². The van der Waals surface area contributed by atoms with Crippen LogP contribution in [0.2, 0.25) is 10.0 Å². The van der Waals surface area contributed by atoms with Gasteiger partial charge in [-0.15, -0.1) is 0 Å². The lowest BCUT2D eigenvalue weighted by Gasteiger charge is -2.64. The van der Waals surface area contributed by atoms with Gasteiger partial charge in [-0.2, -0.15) is 0 Å². The maximum Gasteiger partial charge on any atom is 0.254 e. The Labute approximate surface area is 220 Å². The van der Waals surface area contributed by atoms with Gasteiger partial charge in [0.1, 0.15) is 6.10 Å². The molecular weight excluding hydrogens is 499 g/mol. The first-order chi connectivity index (χ1) is 17.2. The van der Waals surface area contributed by atoms with Gasteiger partial charge < -0.3 is 19.8 Å². The zero-order chi connectivity index (χ0) is 25.0. The van der Waals surface area contributed by atoms with E-state index in [-0.39, 0.29) is 23.7 Å². The van der Waals surface area contributed by atoms with Gasteiger partial charge in [-0.25, -0.2) is 0 Å². The first kappa shape index (κ1) is 23.2. The zero-order valence-corrected chi connectivity index (χ0v) is 21.7. The van der Waals surface area contributed by atoms with Crippen LogP contribution in [-0.4, -0.2) is 69.8 Å². The van der Waals surface area contributed by atoms with E-state index < -0.39 is 17.1 Å². The quantitative estimate of drug-likeness (QED) is 0.615. The van der Waals surface area contributed by atoms with Gasteiger partial charge in [0, 0.05) is 30.8 Å². The van der Waals surface area contributed by atoms with Crippen LogP contribution >= 0.6 is 23.2 Å². The monoisotopic (exact) mass is 528 g/mol. The Morgan fingerprint density at radius 3 is 2.72 bits per heavy atom. The number of phenols is 1. The highest BCUT2D eigenvalue weighted by Gasteiger charge is 2.73. The van der Waals surface area contributed by atoms with Crippen LogP contribution in [0.3, 0.4) is 0 Å². The van der Waals surface area contributed by atoms with E-state index in [9.17, 15) is 15.0 Å². The normalized spacial score (nSPS) is 34.2. The molecule has 8 heteroatoms. The number of aromatic hydroxyl groups is 1. The predicted octanol–water partition coefficient (Wildman–Crippen LogP) is 4.40. The van der Waals surface area contributed by atoms with Crippen LogP contribution in [0, 0.1) is 5.92 Å². The van der Waals surface area contributed by atoms with Crippen molar-refractivity contribution >= 4 is 29.1 Å². The first-order valence-electron chi connectivity index (χ1n) is 13.0. The molecule has 1 saturated heterocycles. The highest BCUT2D eigenvalue weighted by Crippen LogP contribution is 2.66. The first-order valence-corrected chi connectivity index (χ1v) is 13.7. The van der Waals surface area contributed by atoms with Gasteiger partial charge in [-0.3, -0.25) is 9.69 Å². The molecule has 190 valence electrons. The number of hydrogen-bond donors (Lipinski definition) is 2. The van der Waals surface area contributed by atoms with Crippen LogP contribution in [-0.2, 0) is 11.8 Å². The number of rotatable bonds is 4. The molecule has 5 atom stereocenters. The van der Waals surface area contributed by atoms with E-state index in [4.69, 9.17) is 27.9 Å². The second kappa shape index (κ2) is 7.76. The van der Waals surface area contributed by atoms with Crippen molar-refractivity contribution in [2.45, 2.75) is 67.7 Å². The van der Waals surface area contributed by atoms with Crippen LogP contribution in [0.5, 0.6) is 11.5 Å². The van der Waals surface area contributed by atoms with Crippen molar-refractivity contribution in [3.05, 3.63) is 57.1 Å². The summed E-state index contributed by atoms with van der Waals surface area (Å²) in [7, 11) is 1.80. The van der Waals surface area contributed by atoms with E-state index in [1.165, 1.54) is 12.8 Å². The molecule has 0 radical (unpaired) electrons. The molecule has 2 N–H and O–H groups in total. The van der Waals surface area contributed by atoms with Gasteiger partial charge in [0.2, 0.25) is 0 Å². The van der Waals surface area contributed by atoms with Crippen LogP contribution in [0.15, 0.2) is 30.3 Å². The predicted molar refractivity (Wildman–Crippen MR) is 137 cm³/mol. The summed E-state index contributed by atoms with van der Waals surface area (Å²) in [6, 6.07) is 8.39. The number of carbonyl (C=O) groups excluding carboxylic acids is 1. The molecule has 2 saturated carbocycles. The molecule has 1 spiro atoms. The standard InChI is InChI=1S/C28H30Cl2N2O4/c1-31(26(34)17-4-6-18(29)19(30)12-17)20-8-9-28(35)22-13-16-5-7-21(33)24-23(16)27(28,25(20)36-24)10-11-32(22)14-15-2-3-15/h4-7,12,15,20,22,25,33,35H,2-3,8-11,13-14H2,1H3/t20?,22-,25?,27+,28-/m1/s1. The number of hydrogen-bond acceptors (Lipinski definition) is 5. The highest BCUT2D eigenvalue weighted by atomic mass is 35.5. The number of halogens is 2. The SMILES string of the molecule is CN(C(=O)c1ccc(Cl)c(Cl)c1)C1CC[C@@]2(O)[C@H]3Cc4ccc(O)c5c4[C@@]2(CCN3CC2CC2)C1O5. The number of piperidine rings is 1. The molecule has 3 fully saturated rings. The Kier molecular flexibility index (Phi) is 4.99. The number of likely N-dealkylation sites (tertiary alicyclic amines) is 1. The number of carbonyl (C=O) groups is 1. The Bertz CT molecular complexity index is 1280. The number of aliphatic hydroxyl groups is 1. The van der Waals surface area contributed by atoms with Crippen LogP contribution in [0.25, 0.3) is 0 Å². The molecule has 6 nitrogen and oxygen atoms in total. The molecule has 5 aliphatic rings. The molecule has 7 rings (SSSR count). The van der Waals surface area contributed by atoms with Gasteiger partial charge >= 0.3 is 0 Å². The third-order valence-electron chi connectivity index (χ3n) is 9.72. The number of ether oxygens (including phenoxy) is 1. The summed E-state index contributed by atoms with van der Waals surface area (Å²) in [5, 5.41) is 24.1. The van der Waals surface area contributed by atoms with Gasteiger partial charge in [-0.05, 0) is 80.8 Å². The average Bonchev–Trinajstić information content (AvgIpc) is 3.60. The average molecular weight is 529 g/mol. The number of nitrogens with zero attached hydrogens (tertiary/aromatic N) is 2. The lowest BCUT2D eigenvalue weighted by Crippen LogP contribution is -2.78.